The van der Waals surface area contributed by atoms with Crippen LogP contribution in [0.15, 0.2) is 18.2 Å². The molecular weight excluding hydrogens is 350 g/mol. The fraction of sp³-hybridized carbons (Fsp3) is 0.636. The number of nitrogens with one attached hydrogen (secondary N) is 3. The first-order valence-corrected chi connectivity index (χ1v) is 10.4. The van der Waals surface area contributed by atoms with Crippen molar-refractivity contribution in [3.05, 3.63) is 29.6 Å². The molecule has 0 radical (unpaired) electrons. The minimum atomic E-state index is -0.432. The molecule has 28 heavy (non-hydrogen) atoms. The van der Waals surface area contributed by atoms with E-state index in [1.165, 1.54) is 0 Å². The summed E-state index contributed by atoms with van der Waals surface area (Å²) in [6, 6.07) is 5.58. The van der Waals surface area contributed by atoms with Crippen LogP contribution in [0.2, 0.25) is 0 Å². The summed E-state index contributed by atoms with van der Waals surface area (Å²) in [6.45, 7) is 10.2. The van der Waals surface area contributed by atoms with E-state index in [-0.39, 0.29) is 16.6 Å². The molecule has 2 aliphatic rings. The third-order valence-corrected chi connectivity index (χ3v) is 6.39. The molecule has 1 amide bonds. The maximum atomic E-state index is 11.8. The van der Waals surface area contributed by atoms with Crippen LogP contribution >= 0.6 is 0 Å². The average Bonchev–Trinajstić information content (AvgIpc) is 3.18. The summed E-state index contributed by atoms with van der Waals surface area (Å²) in [6.07, 6.45) is 5.54. The minimum absolute atomic E-state index is 0.124. The molecule has 0 aliphatic carbocycles. The van der Waals surface area contributed by atoms with E-state index in [4.69, 9.17) is 10.7 Å². The van der Waals surface area contributed by atoms with Gasteiger partial charge >= 0.3 is 0 Å². The van der Waals surface area contributed by atoms with E-state index < -0.39 is 5.91 Å². The van der Waals surface area contributed by atoms with Crippen molar-refractivity contribution in [3.8, 4) is 0 Å². The molecule has 4 rings (SSSR count). The van der Waals surface area contributed by atoms with Gasteiger partial charge in [-0.3, -0.25) is 4.79 Å². The molecule has 5 N–H and O–H groups in total. The van der Waals surface area contributed by atoms with E-state index >= 15 is 0 Å². The van der Waals surface area contributed by atoms with Crippen LogP contribution in [0.3, 0.4) is 0 Å². The second-order valence-corrected chi connectivity index (χ2v) is 10.1. The number of piperidine rings is 1. The van der Waals surface area contributed by atoms with E-state index in [0.29, 0.717) is 17.0 Å². The molecule has 2 aromatic rings. The monoisotopic (exact) mass is 383 g/mol. The number of carbonyl (C=O) groups is 1. The largest absolute Gasteiger partial charge is 0.366 e. The molecule has 6 heteroatoms. The highest BCUT2D eigenvalue weighted by atomic mass is 16.1. The summed E-state index contributed by atoms with van der Waals surface area (Å²) in [4.78, 5) is 20.2. The number of amides is 1. The Kier molecular flexibility index (Phi) is 4.55. The molecule has 2 saturated heterocycles. The van der Waals surface area contributed by atoms with E-state index in [9.17, 15) is 4.79 Å². The van der Waals surface area contributed by atoms with Gasteiger partial charge in [-0.25, -0.2) is 4.98 Å². The van der Waals surface area contributed by atoms with Crippen molar-refractivity contribution in [1.82, 2.24) is 20.6 Å². The molecule has 152 valence electrons. The zero-order valence-electron chi connectivity index (χ0n) is 17.5. The zero-order valence-corrected chi connectivity index (χ0v) is 17.5. The molecule has 0 spiro atoms. The highest BCUT2D eigenvalue weighted by Crippen LogP contribution is 2.43. The smallest absolute Gasteiger partial charge is 0.250 e. The number of fused-ring (bicyclic) bond motifs is 1. The van der Waals surface area contributed by atoms with Crippen molar-refractivity contribution in [3.63, 3.8) is 0 Å². The Hall–Kier alpha value is -1.92. The lowest BCUT2D eigenvalue weighted by molar-refractivity contribution is 0.0996. The number of hydrogen-bond donors (Lipinski definition) is 4. The number of primary amides is 1. The second kappa shape index (κ2) is 6.56. The van der Waals surface area contributed by atoms with Crippen molar-refractivity contribution in [2.24, 2.45) is 11.7 Å². The van der Waals surface area contributed by atoms with Crippen LogP contribution in [0.1, 0.15) is 76.0 Å². The van der Waals surface area contributed by atoms with Crippen molar-refractivity contribution < 1.29 is 4.79 Å². The summed E-state index contributed by atoms with van der Waals surface area (Å²) in [7, 11) is 0. The van der Waals surface area contributed by atoms with Gasteiger partial charge in [0.05, 0.1) is 16.6 Å². The maximum absolute atomic E-state index is 11.8. The van der Waals surface area contributed by atoms with E-state index in [2.05, 4.69) is 43.3 Å². The standard InChI is InChI=1S/C22H33N5O/c1-20(2)11-14(12-21(3,4)27-20)13-22(9-6-10-24-22)19-25-16-8-5-7-15(18(23)28)17(16)26-19/h5,7-8,14,24,27H,6,9-13H2,1-4H3,(H2,23,28)(H,25,26). The van der Waals surface area contributed by atoms with Gasteiger partial charge in [0.1, 0.15) is 11.3 Å². The quantitative estimate of drug-likeness (QED) is 0.652. The lowest BCUT2D eigenvalue weighted by atomic mass is 9.71. The van der Waals surface area contributed by atoms with Crippen LogP contribution in [-0.2, 0) is 5.54 Å². The third kappa shape index (κ3) is 3.55. The predicted octanol–water partition coefficient (Wildman–Crippen LogP) is 3.19. The summed E-state index contributed by atoms with van der Waals surface area (Å²) < 4.78 is 0. The first-order valence-electron chi connectivity index (χ1n) is 10.4. The Morgan fingerprint density at radius 3 is 2.54 bits per heavy atom. The molecule has 2 fully saturated rings. The summed E-state index contributed by atoms with van der Waals surface area (Å²) >= 11 is 0. The minimum Gasteiger partial charge on any atom is -0.366 e. The molecule has 1 unspecified atom stereocenters. The molecule has 2 aliphatic heterocycles. The van der Waals surface area contributed by atoms with Crippen LogP contribution in [0.5, 0.6) is 0 Å². The first kappa shape index (κ1) is 19.4. The van der Waals surface area contributed by atoms with E-state index in [0.717, 1.165) is 50.0 Å². The van der Waals surface area contributed by atoms with Gasteiger partial charge in [0.15, 0.2) is 0 Å². The molecule has 1 atom stereocenters. The van der Waals surface area contributed by atoms with Crippen LogP contribution in [0.25, 0.3) is 11.0 Å². The number of hydrogen-bond acceptors (Lipinski definition) is 4. The number of aromatic nitrogens is 2. The maximum Gasteiger partial charge on any atom is 0.250 e. The van der Waals surface area contributed by atoms with E-state index in [1.807, 2.05) is 12.1 Å². The number of nitrogens with two attached hydrogens (primary N) is 1. The number of rotatable bonds is 4. The Balaban J connectivity index is 1.70. The number of benzene rings is 1. The van der Waals surface area contributed by atoms with Crippen LogP contribution < -0.4 is 16.4 Å². The van der Waals surface area contributed by atoms with Gasteiger partial charge in [-0.2, -0.15) is 0 Å². The summed E-state index contributed by atoms with van der Waals surface area (Å²) in [5.41, 5.74) is 7.70. The zero-order chi connectivity index (χ0) is 20.2. The molecule has 1 aromatic carbocycles. The van der Waals surface area contributed by atoms with Gasteiger partial charge in [0, 0.05) is 11.1 Å². The predicted molar refractivity (Wildman–Crippen MR) is 112 cm³/mol. The normalized spacial score (nSPS) is 27.3. The number of H-pyrrole nitrogens is 1. The van der Waals surface area contributed by atoms with E-state index in [1.54, 1.807) is 6.07 Å². The molecule has 6 nitrogen and oxygen atoms in total. The van der Waals surface area contributed by atoms with Gasteiger partial charge in [0.25, 0.3) is 5.91 Å². The lowest BCUT2D eigenvalue weighted by Gasteiger charge is -2.48. The highest BCUT2D eigenvalue weighted by molar-refractivity contribution is 6.04. The van der Waals surface area contributed by atoms with Crippen molar-refractivity contribution in [2.75, 3.05) is 6.54 Å². The molecule has 1 aromatic heterocycles. The molecular formula is C22H33N5O. The lowest BCUT2D eigenvalue weighted by Crippen LogP contribution is -2.58. The van der Waals surface area contributed by atoms with Crippen molar-refractivity contribution in [1.29, 1.82) is 0 Å². The number of imidazole rings is 1. The Bertz CT molecular complexity index is 875. The Morgan fingerprint density at radius 1 is 1.21 bits per heavy atom. The van der Waals surface area contributed by atoms with Crippen molar-refractivity contribution in [2.45, 2.75) is 76.4 Å². The fourth-order valence-corrected chi connectivity index (χ4v) is 5.91. The van der Waals surface area contributed by atoms with Gasteiger partial charge < -0.3 is 21.4 Å². The average molecular weight is 384 g/mol. The second-order valence-electron chi connectivity index (χ2n) is 10.1. The van der Waals surface area contributed by atoms with Crippen LogP contribution in [-0.4, -0.2) is 33.5 Å². The van der Waals surface area contributed by atoms with Gasteiger partial charge in [0.2, 0.25) is 0 Å². The molecule has 0 saturated carbocycles. The number of carbonyl (C=O) groups excluding carboxylic acids is 1. The summed E-state index contributed by atoms with van der Waals surface area (Å²) in [5.74, 6) is 1.11. The SMILES string of the molecule is CC1(C)CC(CC2(c3nc4c(C(N)=O)cccc4[nH]3)CCCN2)CC(C)(C)N1. The number of aromatic amines is 1. The molecule has 3 heterocycles. The fourth-order valence-electron chi connectivity index (χ4n) is 5.91. The van der Waals surface area contributed by atoms with Crippen molar-refractivity contribution >= 4 is 16.9 Å². The highest BCUT2D eigenvalue weighted by Gasteiger charge is 2.45. The Labute approximate surface area is 167 Å². The third-order valence-electron chi connectivity index (χ3n) is 6.39. The topological polar surface area (TPSA) is 95.8 Å². The summed E-state index contributed by atoms with van der Waals surface area (Å²) in [5, 5.41) is 7.55. The first-order chi connectivity index (χ1) is 13.1. The van der Waals surface area contributed by atoms with Gasteiger partial charge in [-0.1, -0.05) is 6.07 Å². The number of nitrogens with zero attached hydrogens (tertiary/aromatic N) is 1. The van der Waals surface area contributed by atoms with Gasteiger partial charge in [-0.15, -0.1) is 0 Å². The molecule has 0 bridgehead atoms. The Morgan fingerprint density at radius 2 is 1.93 bits per heavy atom. The number of para-hydroxylation sites is 1. The van der Waals surface area contributed by atoms with Crippen LogP contribution in [0.4, 0.5) is 0 Å². The van der Waals surface area contributed by atoms with Crippen LogP contribution in [0, 0.1) is 5.92 Å². The van der Waals surface area contributed by atoms with Gasteiger partial charge in [-0.05, 0) is 84.4 Å².